The molecule has 13 heteroatoms. The Morgan fingerprint density at radius 3 is 2.60 bits per heavy atom. The summed E-state index contributed by atoms with van der Waals surface area (Å²) in [4.78, 5) is 25.7. The molecule has 2 heterocycles. The first kappa shape index (κ1) is 29.5. The van der Waals surface area contributed by atoms with Gasteiger partial charge in [0.2, 0.25) is 11.8 Å². The zero-order valence-electron chi connectivity index (χ0n) is 22.3. The third kappa shape index (κ3) is 6.55. The number of pyridine rings is 1. The first-order valence-corrected chi connectivity index (χ1v) is 13.5. The van der Waals surface area contributed by atoms with Crippen LogP contribution in [0.2, 0.25) is 5.02 Å². The molecular formula is C29H26ClF4N5O3. The number of anilines is 1. The van der Waals surface area contributed by atoms with Crippen molar-refractivity contribution >= 4 is 34.7 Å². The maximum absolute atomic E-state index is 15.3. The number of rotatable bonds is 8. The molecule has 1 amide bonds. The van der Waals surface area contributed by atoms with Crippen molar-refractivity contribution in [2.75, 3.05) is 11.9 Å². The number of benzene rings is 2. The van der Waals surface area contributed by atoms with Gasteiger partial charge in [0.15, 0.2) is 11.9 Å². The zero-order chi connectivity index (χ0) is 30.0. The van der Waals surface area contributed by atoms with E-state index < -0.39 is 47.2 Å². The molecule has 0 saturated heterocycles. The second-order valence-electron chi connectivity index (χ2n) is 9.88. The number of alkyl halides is 3. The predicted molar refractivity (Wildman–Crippen MR) is 150 cm³/mol. The Labute approximate surface area is 243 Å². The number of carbonyl (C=O) groups excluding carboxylic acids is 1. The van der Waals surface area contributed by atoms with E-state index in [4.69, 9.17) is 16.3 Å². The second kappa shape index (κ2) is 12.1. The number of hydrogen-bond donors (Lipinski definition) is 3. The molecule has 2 aromatic carbocycles. The van der Waals surface area contributed by atoms with Crippen LogP contribution in [-0.4, -0.2) is 52.3 Å². The van der Waals surface area contributed by atoms with Gasteiger partial charge in [-0.05, 0) is 43.5 Å². The van der Waals surface area contributed by atoms with Crippen LogP contribution in [-0.2, 0) is 17.6 Å². The Balaban J connectivity index is 1.59. The van der Waals surface area contributed by atoms with Crippen molar-refractivity contribution in [3.8, 4) is 5.88 Å². The number of fused-ring (bicyclic) bond motifs is 1. The summed E-state index contributed by atoms with van der Waals surface area (Å²) in [6.07, 6.45) is -3.17. The van der Waals surface area contributed by atoms with E-state index in [0.29, 0.717) is 0 Å². The van der Waals surface area contributed by atoms with E-state index in [9.17, 15) is 23.1 Å². The molecule has 1 saturated carbocycles. The van der Waals surface area contributed by atoms with Gasteiger partial charge in [-0.2, -0.15) is 13.2 Å². The molecule has 0 bridgehead atoms. The molecule has 1 unspecified atom stereocenters. The van der Waals surface area contributed by atoms with E-state index in [-0.39, 0.29) is 47.0 Å². The number of ether oxygens (including phenoxy) is 1. The molecule has 1 aliphatic carbocycles. The van der Waals surface area contributed by atoms with Crippen molar-refractivity contribution in [3.63, 3.8) is 0 Å². The number of nitrogens with one attached hydrogen (secondary N) is 2. The van der Waals surface area contributed by atoms with Crippen LogP contribution < -0.4 is 15.4 Å². The summed E-state index contributed by atoms with van der Waals surface area (Å²) in [6, 6.07) is 11.3. The van der Waals surface area contributed by atoms with Gasteiger partial charge in [-0.25, -0.2) is 9.37 Å². The fourth-order valence-corrected chi connectivity index (χ4v) is 4.65. The maximum Gasteiger partial charge on any atom is 0.417 e. The lowest BCUT2D eigenvalue weighted by molar-refractivity contribution is -0.137. The van der Waals surface area contributed by atoms with Gasteiger partial charge in [0, 0.05) is 17.7 Å². The van der Waals surface area contributed by atoms with Crippen LogP contribution in [0.15, 0.2) is 64.6 Å². The largest absolute Gasteiger partial charge is 0.473 e. The highest BCUT2D eigenvalue weighted by atomic mass is 35.5. The number of amides is 1. The van der Waals surface area contributed by atoms with E-state index in [1.54, 1.807) is 6.92 Å². The van der Waals surface area contributed by atoms with Gasteiger partial charge >= 0.3 is 6.18 Å². The molecule has 0 radical (unpaired) electrons. The number of aromatic nitrogens is 1. The lowest BCUT2D eigenvalue weighted by Gasteiger charge is -2.18. The summed E-state index contributed by atoms with van der Waals surface area (Å²) in [6.45, 7) is 1.04. The molecule has 0 spiro atoms. The highest BCUT2D eigenvalue weighted by Gasteiger charge is 2.37. The summed E-state index contributed by atoms with van der Waals surface area (Å²) < 4.78 is 62.7. The van der Waals surface area contributed by atoms with Gasteiger partial charge < -0.3 is 20.5 Å². The second-order valence-corrected chi connectivity index (χ2v) is 10.3. The quantitative estimate of drug-likeness (QED) is 0.308. The van der Waals surface area contributed by atoms with Crippen LogP contribution in [0.3, 0.4) is 0 Å². The summed E-state index contributed by atoms with van der Waals surface area (Å²) in [7, 11) is 0. The van der Waals surface area contributed by atoms with Crippen LogP contribution >= 0.6 is 11.6 Å². The molecule has 2 aliphatic rings. The van der Waals surface area contributed by atoms with Crippen LogP contribution in [0.1, 0.15) is 42.1 Å². The van der Waals surface area contributed by atoms with Crippen molar-refractivity contribution in [1.29, 1.82) is 0 Å². The maximum atomic E-state index is 15.3. The molecule has 1 aliphatic heterocycles. The van der Waals surface area contributed by atoms with E-state index in [1.807, 2.05) is 30.3 Å². The first-order chi connectivity index (χ1) is 20.0. The third-order valence-corrected chi connectivity index (χ3v) is 7.03. The number of hydrogen-bond acceptors (Lipinski definition) is 6. The standard InChI is InChI=1S/C29H26ClF4N5O3/c1-15-27(38-21(13-40)28(41)36-17-7-8-17)37-20-11-9-18(29(32,33)34)24(30)23(20)26(35-15)25-19(31)10-12-22(39-25)42-14-16-5-3-2-4-6-16/h2-6,9-12,15,17,21,40H,7-8,13-14H2,1H3,(H,36,41)(H,37,38)/t15-,21?/m0/s1. The molecule has 220 valence electrons. The predicted octanol–water partition coefficient (Wildman–Crippen LogP) is 5.16. The minimum Gasteiger partial charge on any atom is -0.473 e. The van der Waals surface area contributed by atoms with Gasteiger partial charge in [-0.15, -0.1) is 0 Å². The molecule has 8 nitrogen and oxygen atoms in total. The Hall–Kier alpha value is -4.03. The van der Waals surface area contributed by atoms with Gasteiger partial charge in [-0.1, -0.05) is 41.9 Å². The minimum atomic E-state index is -4.82. The monoisotopic (exact) mass is 603 g/mol. The van der Waals surface area contributed by atoms with Crippen molar-refractivity contribution in [2.24, 2.45) is 9.98 Å². The average Bonchev–Trinajstić information content (AvgIpc) is 3.78. The Morgan fingerprint density at radius 1 is 1.19 bits per heavy atom. The fourth-order valence-electron chi connectivity index (χ4n) is 4.29. The highest BCUT2D eigenvalue weighted by molar-refractivity contribution is 6.38. The van der Waals surface area contributed by atoms with Crippen molar-refractivity contribution < 1.29 is 32.2 Å². The summed E-state index contributed by atoms with van der Waals surface area (Å²) in [5, 5.41) is 14.8. The average molecular weight is 604 g/mol. The van der Waals surface area contributed by atoms with Crippen molar-refractivity contribution in [2.45, 2.75) is 50.7 Å². The Morgan fingerprint density at radius 2 is 1.93 bits per heavy atom. The fraction of sp³-hybridized carbons (Fsp3) is 0.310. The summed E-state index contributed by atoms with van der Waals surface area (Å²) >= 11 is 6.34. The zero-order valence-corrected chi connectivity index (χ0v) is 23.0. The number of amidine groups is 1. The summed E-state index contributed by atoms with van der Waals surface area (Å²) in [5.74, 6) is -1.30. The third-order valence-electron chi connectivity index (χ3n) is 6.63. The number of carbonyl (C=O) groups is 1. The lowest BCUT2D eigenvalue weighted by atomic mass is 10.0. The number of aliphatic hydroxyl groups excluding tert-OH is 1. The molecular weight excluding hydrogens is 578 g/mol. The van der Waals surface area contributed by atoms with E-state index in [2.05, 4.69) is 25.6 Å². The topological polar surface area (TPSA) is 108 Å². The number of aliphatic imine (C=N–C) groups is 2. The lowest BCUT2D eigenvalue weighted by Crippen LogP contribution is -2.39. The molecule has 3 aromatic rings. The first-order valence-electron chi connectivity index (χ1n) is 13.1. The molecule has 42 heavy (non-hydrogen) atoms. The van der Waals surface area contributed by atoms with E-state index in [1.165, 1.54) is 6.07 Å². The minimum absolute atomic E-state index is 0.0124. The highest BCUT2D eigenvalue weighted by Crippen LogP contribution is 2.41. The number of benzodiazepines with no additional fused rings is 1. The number of aliphatic hydroxyl groups is 1. The van der Waals surface area contributed by atoms with Gasteiger partial charge in [0.05, 0.1) is 28.6 Å². The van der Waals surface area contributed by atoms with Gasteiger partial charge in [-0.3, -0.25) is 14.8 Å². The van der Waals surface area contributed by atoms with Crippen LogP contribution in [0.5, 0.6) is 5.88 Å². The molecule has 1 fully saturated rings. The molecule has 2 atom stereocenters. The van der Waals surface area contributed by atoms with E-state index >= 15 is 4.39 Å². The molecule has 3 N–H and O–H groups in total. The van der Waals surface area contributed by atoms with Gasteiger partial charge in [0.1, 0.15) is 24.2 Å². The Bertz CT molecular complexity index is 1540. The SMILES string of the molecule is C[C@@H]1N=C(c2nc(OCc3ccccc3)ccc2F)c2c(ccc(C(F)(F)F)c2Cl)NC1=NC(CO)C(=O)NC1CC1. The van der Waals surface area contributed by atoms with Gasteiger partial charge in [0.25, 0.3) is 0 Å². The van der Waals surface area contributed by atoms with Crippen LogP contribution in [0, 0.1) is 5.82 Å². The summed E-state index contributed by atoms with van der Waals surface area (Å²) in [5.41, 5.74) is -1.20. The van der Waals surface area contributed by atoms with E-state index in [0.717, 1.165) is 36.6 Å². The molecule has 1 aromatic heterocycles. The number of halogens is 5. The number of nitrogens with zero attached hydrogens (tertiary/aromatic N) is 3. The van der Waals surface area contributed by atoms with Crippen molar-refractivity contribution in [3.05, 3.63) is 87.8 Å². The Kier molecular flexibility index (Phi) is 8.46. The van der Waals surface area contributed by atoms with Crippen molar-refractivity contribution in [1.82, 2.24) is 10.3 Å². The molecule has 5 rings (SSSR count). The van der Waals surface area contributed by atoms with Crippen LogP contribution in [0.25, 0.3) is 0 Å². The smallest absolute Gasteiger partial charge is 0.417 e. The normalized spacial score (nSPS) is 18.4. The van der Waals surface area contributed by atoms with Crippen LogP contribution in [0.4, 0.5) is 23.2 Å².